The zero-order valence-electron chi connectivity index (χ0n) is 13.6. The Morgan fingerprint density at radius 3 is 2.50 bits per heavy atom. The Morgan fingerprint density at radius 1 is 1.04 bits per heavy atom. The highest BCUT2D eigenvalue weighted by Gasteiger charge is 2.17. The number of nitrogens with two attached hydrogens (primary N) is 1. The molecule has 6 heteroatoms. The Morgan fingerprint density at radius 2 is 1.79 bits per heavy atom. The zero-order valence-corrected chi connectivity index (χ0v) is 13.6. The largest absolute Gasteiger partial charge is 0.493 e. The van der Waals surface area contributed by atoms with Crippen LogP contribution in [-0.4, -0.2) is 24.4 Å². The number of hydrogen-bond donors (Lipinski definition) is 1. The van der Waals surface area contributed by atoms with Crippen molar-refractivity contribution in [3.63, 3.8) is 0 Å². The van der Waals surface area contributed by atoms with Gasteiger partial charge in [0.2, 0.25) is 11.7 Å². The van der Waals surface area contributed by atoms with Gasteiger partial charge in [0, 0.05) is 5.56 Å². The highest BCUT2D eigenvalue weighted by molar-refractivity contribution is 5.60. The minimum atomic E-state index is -0.353. The Hall–Kier alpha value is -2.86. The molecular formula is C18H19N3O3. The van der Waals surface area contributed by atoms with Gasteiger partial charge < -0.3 is 19.7 Å². The molecule has 0 radical (unpaired) electrons. The molecule has 0 aliphatic rings. The lowest BCUT2D eigenvalue weighted by Crippen LogP contribution is -2.13. The van der Waals surface area contributed by atoms with Crippen LogP contribution in [0.3, 0.4) is 0 Å². The number of aromatic nitrogens is 2. The van der Waals surface area contributed by atoms with E-state index in [2.05, 4.69) is 10.1 Å². The maximum Gasteiger partial charge on any atom is 0.244 e. The van der Waals surface area contributed by atoms with Crippen LogP contribution in [0.15, 0.2) is 53.1 Å². The molecule has 2 aromatic carbocycles. The van der Waals surface area contributed by atoms with Crippen molar-refractivity contribution in [2.45, 2.75) is 12.5 Å². The molecule has 3 aromatic rings. The minimum absolute atomic E-state index is 0.353. The fourth-order valence-electron chi connectivity index (χ4n) is 2.43. The van der Waals surface area contributed by atoms with E-state index in [9.17, 15) is 0 Å². The van der Waals surface area contributed by atoms with Gasteiger partial charge in [-0.1, -0.05) is 35.5 Å². The Bertz CT molecular complexity index is 802. The summed E-state index contributed by atoms with van der Waals surface area (Å²) < 4.78 is 15.8. The molecule has 0 spiro atoms. The van der Waals surface area contributed by atoms with Crippen LogP contribution >= 0.6 is 0 Å². The highest BCUT2D eigenvalue weighted by atomic mass is 16.5. The second kappa shape index (κ2) is 7.14. The summed E-state index contributed by atoms with van der Waals surface area (Å²) >= 11 is 0. The summed E-state index contributed by atoms with van der Waals surface area (Å²) in [5.41, 5.74) is 8.07. The van der Waals surface area contributed by atoms with Crippen LogP contribution < -0.4 is 15.2 Å². The summed E-state index contributed by atoms with van der Waals surface area (Å²) in [6, 6.07) is 15.1. The Balaban J connectivity index is 1.80. The van der Waals surface area contributed by atoms with Gasteiger partial charge in [-0.25, -0.2) is 0 Å². The first-order valence-electron chi connectivity index (χ1n) is 7.56. The van der Waals surface area contributed by atoms with Gasteiger partial charge in [0.25, 0.3) is 0 Å². The first-order chi connectivity index (χ1) is 11.7. The average Bonchev–Trinajstić information content (AvgIpc) is 3.12. The molecule has 0 fully saturated rings. The average molecular weight is 325 g/mol. The molecule has 1 atom stereocenters. The van der Waals surface area contributed by atoms with Crippen LogP contribution in [0.2, 0.25) is 0 Å². The third-order valence-electron chi connectivity index (χ3n) is 3.70. The zero-order chi connectivity index (χ0) is 16.9. The van der Waals surface area contributed by atoms with Crippen molar-refractivity contribution in [2.75, 3.05) is 14.2 Å². The van der Waals surface area contributed by atoms with Crippen LogP contribution in [0.4, 0.5) is 0 Å². The predicted molar refractivity (Wildman–Crippen MR) is 89.9 cm³/mol. The SMILES string of the molecule is COc1ccc(-c2noc(C(N)Cc3ccccc3)n2)cc1OC. The first-order valence-corrected chi connectivity index (χ1v) is 7.56. The summed E-state index contributed by atoms with van der Waals surface area (Å²) in [6.45, 7) is 0. The van der Waals surface area contributed by atoms with Crippen molar-refractivity contribution in [1.82, 2.24) is 10.1 Å². The van der Waals surface area contributed by atoms with Crippen molar-refractivity contribution >= 4 is 0 Å². The van der Waals surface area contributed by atoms with Crippen molar-refractivity contribution < 1.29 is 14.0 Å². The van der Waals surface area contributed by atoms with E-state index < -0.39 is 0 Å². The number of nitrogens with zero attached hydrogens (tertiary/aromatic N) is 2. The van der Waals surface area contributed by atoms with Crippen LogP contribution in [0.1, 0.15) is 17.5 Å². The van der Waals surface area contributed by atoms with E-state index in [0.717, 1.165) is 11.1 Å². The van der Waals surface area contributed by atoms with E-state index in [0.29, 0.717) is 29.6 Å². The molecule has 0 aliphatic carbocycles. The molecule has 0 bridgehead atoms. The molecule has 0 amide bonds. The molecule has 124 valence electrons. The summed E-state index contributed by atoms with van der Waals surface area (Å²) in [5, 5.41) is 4.02. The quantitative estimate of drug-likeness (QED) is 0.750. The van der Waals surface area contributed by atoms with Crippen LogP contribution in [0.5, 0.6) is 11.5 Å². The predicted octanol–water partition coefficient (Wildman–Crippen LogP) is 3.00. The van der Waals surface area contributed by atoms with Gasteiger partial charge in [0.15, 0.2) is 11.5 Å². The molecule has 1 aromatic heterocycles. The molecule has 0 saturated carbocycles. The molecule has 24 heavy (non-hydrogen) atoms. The number of benzene rings is 2. The fraction of sp³-hybridized carbons (Fsp3) is 0.222. The number of ether oxygens (including phenoxy) is 2. The summed E-state index contributed by atoms with van der Waals surface area (Å²) in [5.74, 6) is 2.12. The smallest absolute Gasteiger partial charge is 0.244 e. The van der Waals surface area contributed by atoms with Crippen molar-refractivity contribution in [2.24, 2.45) is 5.73 Å². The maximum atomic E-state index is 6.18. The van der Waals surface area contributed by atoms with Gasteiger partial charge in [0.1, 0.15) is 0 Å². The van der Waals surface area contributed by atoms with E-state index in [1.165, 1.54) is 0 Å². The van der Waals surface area contributed by atoms with E-state index in [-0.39, 0.29) is 6.04 Å². The summed E-state index contributed by atoms with van der Waals surface area (Å²) in [4.78, 5) is 4.41. The van der Waals surface area contributed by atoms with Crippen molar-refractivity contribution in [3.05, 3.63) is 60.0 Å². The number of methoxy groups -OCH3 is 2. The monoisotopic (exact) mass is 325 g/mol. The van der Waals surface area contributed by atoms with E-state index >= 15 is 0 Å². The van der Waals surface area contributed by atoms with Crippen LogP contribution in [-0.2, 0) is 6.42 Å². The minimum Gasteiger partial charge on any atom is -0.493 e. The third kappa shape index (κ3) is 3.38. The maximum absolute atomic E-state index is 6.18. The standard InChI is InChI=1S/C18H19N3O3/c1-22-15-9-8-13(11-16(15)23-2)17-20-18(24-21-17)14(19)10-12-6-4-3-5-7-12/h3-9,11,14H,10,19H2,1-2H3. The topological polar surface area (TPSA) is 83.4 Å². The lowest BCUT2D eigenvalue weighted by Gasteiger charge is -2.07. The van der Waals surface area contributed by atoms with E-state index in [1.807, 2.05) is 36.4 Å². The Kier molecular flexibility index (Phi) is 4.77. The Labute approximate surface area is 140 Å². The molecule has 1 heterocycles. The highest BCUT2D eigenvalue weighted by Crippen LogP contribution is 2.31. The molecule has 0 saturated heterocycles. The molecular weight excluding hydrogens is 306 g/mol. The molecule has 2 N–H and O–H groups in total. The van der Waals surface area contributed by atoms with Gasteiger partial charge in [-0.05, 0) is 30.2 Å². The number of hydrogen-bond acceptors (Lipinski definition) is 6. The van der Waals surface area contributed by atoms with Gasteiger partial charge in [-0.2, -0.15) is 4.98 Å². The lowest BCUT2D eigenvalue weighted by molar-refractivity contribution is 0.353. The molecule has 0 aliphatic heterocycles. The summed E-state index contributed by atoms with van der Waals surface area (Å²) in [7, 11) is 3.17. The van der Waals surface area contributed by atoms with Gasteiger partial charge in [-0.15, -0.1) is 0 Å². The fourth-order valence-corrected chi connectivity index (χ4v) is 2.43. The summed E-state index contributed by atoms with van der Waals surface area (Å²) in [6.07, 6.45) is 0.633. The third-order valence-corrected chi connectivity index (χ3v) is 3.70. The van der Waals surface area contributed by atoms with Gasteiger partial charge in [0.05, 0.1) is 20.3 Å². The van der Waals surface area contributed by atoms with Gasteiger partial charge in [-0.3, -0.25) is 0 Å². The second-order valence-electron chi connectivity index (χ2n) is 5.32. The van der Waals surface area contributed by atoms with Crippen LogP contribution in [0.25, 0.3) is 11.4 Å². The molecule has 1 unspecified atom stereocenters. The van der Waals surface area contributed by atoms with Gasteiger partial charge >= 0.3 is 0 Å². The lowest BCUT2D eigenvalue weighted by atomic mass is 10.1. The first kappa shape index (κ1) is 16.0. The molecule has 3 rings (SSSR count). The van der Waals surface area contributed by atoms with E-state index in [1.54, 1.807) is 26.4 Å². The normalized spacial score (nSPS) is 12.0. The second-order valence-corrected chi connectivity index (χ2v) is 5.32. The molecule has 6 nitrogen and oxygen atoms in total. The van der Waals surface area contributed by atoms with E-state index in [4.69, 9.17) is 19.7 Å². The van der Waals surface area contributed by atoms with Crippen molar-refractivity contribution in [1.29, 1.82) is 0 Å². The number of rotatable bonds is 6. The van der Waals surface area contributed by atoms with Crippen molar-refractivity contribution in [3.8, 4) is 22.9 Å². The van der Waals surface area contributed by atoms with Crippen LogP contribution in [0, 0.1) is 0 Å².